The van der Waals surface area contributed by atoms with Crippen LogP contribution in [0.5, 0.6) is 0 Å². The highest BCUT2D eigenvalue weighted by Crippen LogP contribution is 2.19. The van der Waals surface area contributed by atoms with Crippen LogP contribution >= 0.6 is 11.8 Å². The van der Waals surface area contributed by atoms with Gasteiger partial charge in [0.2, 0.25) is 11.1 Å². The van der Waals surface area contributed by atoms with Gasteiger partial charge in [-0.2, -0.15) is 5.10 Å². The van der Waals surface area contributed by atoms with Crippen molar-refractivity contribution in [2.45, 2.75) is 25.0 Å². The van der Waals surface area contributed by atoms with E-state index in [4.69, 9.17) is 0 Å². The van der Waals surface area contributed by atoms with Crippen LogP contribution in [-0.4, -0.2) is 46.6 Å². The third-order valence-corrected chi connectivity index (χ3v) is 3.93. The van der Waals surface area contributed by atoms with Gasteiger partial charge in [0.05, 0.1) is 11.8 Å². The Hall–Kier alpha value is -1.97. The van der Waals surface area contributed by atoms with Gasteiger partial charge in [0.1, 0.15) is 12.2 Å². The van der Waals surface area contributed by atoms with E-state index in [0.717, 1.165) is 5.82 Å². The van der Waals surface area contributed by atoms with Crippen LogP contribution in [0, 0.1) is 5.92 Å². The number of aromatic nitrogens is 7. The molecule has 1 N–H and O–H groups in total. The molecule has 0 spiro atoms. The molecule has 2 rings (SSSR count). The maximum absolute atomic E-state index is 12.1. The lowest BCUT2D eigenvalue weighted by atomic mass is 10.0. The van der Waals surface area contributed by atoms with Gasteiger partial charge in [0, 0.05) is 14.1 Å². The molecule has 0 aliphatic heterocycles. The summed E-state index contributed by atoms with van der Waals surface area (Å²) in [6.07, 6.45) is 1.48. The molecular formula is C11H18N8OS. The lowest BCUT2D eigenvalue weighted by molar-refractivity contribution is -0.119. The van der Waals surface area contributed by atoms with Crippen molar-refractivity contribution in [1.29, 1.82) is 0 Å². The van der Waals surface area contributed by atoms with Crippen molar-refractivity contribution in [3.05, 3.63) is 12.2 Å². The molecule has 0 aromatic carbocycles. The van der Waals surface area contributed by atoms with Crippen LogP contribution in [-0.2, 0) is 18.9 Å². The highest BCUT2D eigenvalue weighted by Gasteiger charge is 2.22. The van der Waals surface area contributed by atoms with E-state index in [2.05, 4.69) is 30.9 Å². The molecule has 0 aliphatic carbocycles. The molecule has 1 atom stereocenters. The number of thioether (sulfide) groups is 1. The van der Waals surface area contributed by atoms with E-state index in [1.807, 2.05) is 20.9 Å². The first-order chi connectivity index (χ1) is 9.99. The highest BCUT2D eigenvalue weighted by molar-refractivity contribution is 7.99. The molecule has 0 saturated heterocycles. The molecule has 114 valence electrons. The molecule has 2 aromatic heterocycles. The zero-order valence-electron chi connectivity index (χ0n) is 12.4. The smallest absolute Gasteiger partial charge is 0.231 e. The van der Waals surface area contributed by atoms with Crippen LogP contribution in [0.25, 0.3) is 0 Å². The molecule has 0 saturated carbocycles. The second-order valence-corrected chi connectivity index (χ2v) is 5.85. The first kappa shape index (κ1) is 15.4. The quantitative estimate of drug-likeness (QED) is 0.746. The van der Waals surface area contributed by atoms with Gasteiger partial charge >= 0.3 is 0 Å². The van der Waals surface area contributed by atoms with Crippen LogP contribution in [0.3, 0.4) is 0 Å². The van der Waals surface area contributed by atoms with Gasteiger partial charge in [-0.15, -0.1) is 5.10 Å². The first-order valence-corrected chi connectivity index (χ1v) is 7.46. The second-order valence-electron chi connectivity index (χ2n) is 4.90. The Labute approximate surface area is 126 Å². The Morgan fingerprint density at radius 2 is 2.14 bits per heavy atom. The molecule has 1 amide bonds. The van der Waals surface area contributed by atoms with Crippen molar-refractivity contribution in [3.63, 3.8) is 0 Å². The van der Waals surface area contributed by atoms with Crippen molar-refractivity contribution in [1.82, 2.24) is 40.3 Å². The number of aryl methyl sites for hydroxylation is 2. The minimum atomic E-state index is -0.178. The minimum absolute atomic E-state index is 0.0929. The van der Waals surface area contributed by atoms with E-state index in [0.29, 0.717) is 5.16 Å². The lowest BCUT2D eigenvalue weighted by Crippen LogP contribution is -2.34. The second kappa shape index (κ2) is 6.66. The molecule has 9 nitrogen and oxygen atoms in total. The summed E-state index contributed by atoms with van der Waals surface area (Å²) in [5.41, 5.74) is 0. The maximum Gasteiger partial charge on any atom is 0.231 e. The van der Waals surface area contributed by atoms with Crippen LogP contribution in [0.2, 0.25) is 0 Å². The van der Waals surface area contributed by atoms with E-state index in [1.54, 1.807) is 11.7 Å². The van der Waals surface area contributed by atoms with Crippen LogP contribution in [0.15, 0.2) is 11.5 Å². The number of nitrogens with one attached hydrogen (secondary N) is 1. The fourth-order valence-corrected chi connectivity index (χ4v) is 2.47. The number of tetrazole rings is 1. The van der Waals surface area contributed by atoms with Crippen molar-refractivity contribution >= 4 is 17.7 Å². The SMILES string of the molecule is CC(C)C(NC(=O)CSc1nnnn1C)c1ncnn1C. The van der Waals surface area contributed by atoms with Gasteiger partial charge in [-0.3, -0.25) is 9.48 Å². The van der Waals surface area contributed by atoms with E-state index < -0.39 is 0 Å². The molecular weight excluding hydrogens is 292 g/mol. The predicted molar refractivity (Wildman–Crippen MR) is 76.2 cm³/mol. The topological polar surface area (TPSA) is 103 Å². The summed E-state index contributed by atoms with van der Waals surface area (Å²) in [6.45, 7) is 4.05. The summed E-state index contributed by atoms with van der Waals surface area (Å²) in [6, 6.07) is -0.178. The summed E-state index contributed by atoms with van der Waals surface area (Å²) >= 11 is 1.29. The molecule has 1 unspecified atom stereocenters. The normalized spacial score (nSPS) is 12.6. The predicted octanol–water partition coefficient (Wildman–Crippen LogP) is -0.0558. The first-order valence-electron chi connectivity index (χ1n) is 6.47. The van der Waals surface area contributed by atoms with Gasteiger partial charge in [-0.05, 0) is 16.3 Å². The summed E-state index contributed by atoms with van der Waals surface area (Å²) in [5, 5.41) is 18.7. The Kier molecular flexibility index (Phi) is 4.89. The van der Waals surface area contributed by atoms with E-state index in [1.165, 1.54) is 22.8 Å². The molecule has 0 radical (unpaired) electrons. The average molecular weight is 310 g/mol. The number of rotatable bonds is 6. The zero-order chi connectivity index (χ0) is 15.4. The molecule has 0 bridgehead atoms. The largest absolute Gasteiger partial charge is 0.345 e. The van der Waals surface area contributed by atoms with Crippen molar-refractivity contribution < 1.29 is 4.79 Å². The van der Waals surface area contributed by atoms with Gasteiger partial charge < -0.3 is 5.32 Å². The Morgan fingerprint density at radius 3 is 2.67 bits per heavy atom. The molecule has 0 fully saturated rings. The van der Waals surface area contributed by atoms with Crippen molar-refractivity contribution in [3.8, 4) is 0 Å². The van der Waals surface area contributed by atoms with Gasteiger partial charge in [-0.25, -0.2) is 9.67 Å². The summed E-state index contributed by atoms with van der Waals surface area (Å²) in [5.74, 6) is 1.10. The fraction of sp³-hybridized carbons (Fsp3) is 0.636. The number of carbonyl (C=O) groups is 1. The Morgan fingerprint density at radius 1 is 1.38 bits per heavy atom. The fourth-order valence-electron chi connectivity index (χ4n) is 1.80. The van der Waals surface area contributed by atoms with Gasteiger partial charge in [-0.1, -0.05) is 25.6 Å². The molecule has 2 aromatic rings. The van der Waals surface area contributed by atoms with Crippen LogP contribution in [0.1, 0.15) is 25.7 Å². The minimum Gasteiger partial charge on any atom is -0.345 e. The molecule has 0 aliphatic rings. The van der Waals surface area contributed by atoms with E-state index in [9.17, 15) is 4.79 Å². The summed E-state index contributed by atoms with van der Waals surface area (Å²) in [7, 11) is 3.54. The number of amides is 1. The molecule has 21 heavy (non-hydrogen) atoms. The Bertz CT molecular complexity index is 607. The summed E-state index contributed by atoms with van der Waals surface area (Å²) in [4.78, 5) is 16.3. The third-order valence-electron chi connectivity index (χ3n) is 2.92. The lowest BCUT2D eigenvalue weighted by Gasteiger charge is -2.21. The number of hydrogen-bond acceptors (Lipinski definition) is 7. The average Bonchev–Trinajstić information content (AvgIpc) is 3.02. The van der Waals surface area contributed by atoms with Gasteiger partial charge in [0.15, 0.2) is 0 Å². The van der Waals surface area contributed by atoms with Crippen molar-refractivity contribution in [2.24, 2.45) is 20.0 Å². The third kappa shape index (κ3) is 3.78. The zero-order valence-corrected chi connectivity index (χ0v) is 13.2. The Balaban J connectivity index is 1.96. The maximum atomic E-state index is 12.1. The number of nitrogens with zero attached hydrogens (tertiary/aromatic N) is 7. The number of carbonyl (C=O) groups excluding carboxylic acids is 1. The number of hydrogen-bond donors (Lipinski definition) is 1. The van der Waals surface area contributed by atoms with Crippen molar-refractivity contribution in [2.75, 3.05) is 5.75 Å². The van der Waals surface area contributed by atoms with Gasteiger partial charge in [0.25, 0.3) is 0 Å². The molecule has 10 heteroatoms. The van der Waals surface area contributed by atoms with Crippen LogP contribution in [0.4, 0.5) is 0 Å². The highest BCUT2D eigenvalue weighted by atomic mass is 32.2. The van der Waals surface area contributed by atoms with E-state index >= 15 is 0 Å². The van der Waals surface area contributed by atoms with E-state index in [-0.39, 0.29) is 23.6 Å². The monoisotopic (exact) mass is 310 g/mol. The van der Waals surface area contributed by atoms with Crippen LogP contribution < -0.4 is 5.32 Å². The molecule has 2 heterocycles. The standard InChI is InChI=1S/C11H18N8OS/c1-7(2)9(10-12-6-13-18(10)3)14-8(20)5-21-11-15-16-17-19(11)4/h6-7,9H,5H2,1-4H3,(H,14,20). The summed E-state index contributed by atoms with van der Waals surface area (Å²) < 4.78 is 3.20.